The lowest BCUT2D eigenvalue weighted by atomic mass is 10.2. The normalized spacial score (nSPS) is 10.2. The molecule has 1 aromatic carbocycles. The van der Waals surface area contributed by atoms with Crippen molar-refractivity contribution in [3.8, 4) is 11.5 Å². The molecule has 0 heterocycles. The lowest BCUT2D eigenvalue weighted by Crippen LogP contribution is -2.07. The van der Waals surface area contributed by atoms with Crippen LogP contribution in [0.1, 0.15) is 50.4 Å². The third-order valence-corrected chi connectivity index (χ3v) is 2.67. The van der Waals surface area contributed by atoms with Gasteiger partial charge in [-0.1, -0.05) is 20.3 Å². The van der Waals surface area contributed by atoms with E-state index in [1.54, 1.807) is 18.2 Å². The van der Waals surface area contributed by atoms with Crippen LogP contribution in [0.25, 0.3) is 0 Å². The highest BCUT2D eigenvalue weighted by Gasteiger charge is 2.12. The molecule has 0 aromatic heterocycles. The van der Waals surface area contributed by atoms with E-state index in [0.717, 1.165) is 19.3 Å². The fourth-order valence-electron chi connectivity index (χ4n) is 1.63. The highest BCUT2D eigenvalue weighted by atomic mass is 16.5. The van der Waals surface area contributed by atoms with Gasteiger partial charge in [0.15, 0.2) is 11.5 Å². The van der Waals surface area contributed by atoms with Gasteiger partial charge in [0, 0.05) is 0 Å². The Hall–Kier alpha value is -1.71. The molecule has 4 nitrogen and oxygen atoms in total. The topological polar surface area (TPSA) is 44.8 Å². The molecule has 20 heavy (non-hydrogen) atoms. The Labute approximate surface area is 121 Å². The fourth-order valence-corrected chi connectivity index (χ4v) is 1.63. The monoisotopic (exact) mass is 280 g/mol. The molecule has 0 saturated carbocycles. The van der Waals surface area contributed by atoms with E-state index in [4.69, 9.17) is 14.2 Å². The number of benzene rings is 1. The van der Waals surface area contributed by atoms with E-state index in [2.05, 4.69) is 6.92 Å². The summed E-state index contributed by atoms with van der Waals surface area (Å²) in [6.45, 7) is 7.60. The summed E-state index contributed by atoms with van der Waals surface area (Å²) in [4.78, 5) is 11.9. The molecule has 112 valence electrons. The van der Waals surface area contributed by atoms with Crippen LogP contribution in [-0.4, -0.2) is 25.8 Å². The van der Waals surface area contributed by atoms with Crippen molar-refractivity contribution in [1.82, 2.24) is 0 Å². The van der Waals surface area contributed by atoms with E-state index in [1.807, 2.05) is 13.8 Å². The first-order valence-electron chi connectivity index (χ1n) is 7.29. The summed E-state index contributed by atoms with van der Waals surface area (Å²) in [6, 6.07) is 5.15. The summed E-state index contributed by atoms with van der Waals surface area (Å²) in [6.07, 6.45) is 2.80. The lowest BCUT2D eigenvalue weighted by molar-refractivity contribution is 0.0499. The zero-order valence-corrected chi connectivity index (χ0v) is 12.6. The van der Waals surface area contributed by atoms with Crippen LogP contribution in [0.3, 0.4) is 0 Å². The second-order valence-electron chi connectivity index (χ2n) is 4.43. The zero-order valence-electron chi connectivity index (χ0n) is 12.6. The van der Waals surface area contributed by atoms with Crippen molar-refractivity contribution < 1.29 is 19.0 Å². The lowest BCUT2D eigenvalue weighted by Gasteiger charge is -2.12. The molecule has 1 rings (SSSR count). The minimum Gasteiger partial charge on any atom is -0.490 e. The largest absolute Gasteiger partial charge is 0.490 e. The molecule has 0 atom stereocenters. The second-order valence-corrected chi connectivity index (χ2v) is 4.43. The van der Waals surface area contributed by atoms with E-state index in [-0.39, 0.29) is 5.97 Å². The van der Waals surface area contributed by atoms with Crippen LogP contribution in [0, 0.1) is 0 Å². The molecule has 0 unspecified atom stereocenters. The third-order valence-electron chi connectivity index (χ3n) is 2.67. The van der Waals surface area contributed by atoms with E-state index in [0.29, 0.717) is 36.9 Å². The van der Waals surface area contributed by atoms with E-state index in [1.165, 1.54) is 0 Å². The minimum atomic E-state index is -0.318. The fraction of sp³-hybridized carbons (Fsp3) is 0.562. The average Bonchev–Trinajstić information content (AvgIpc) is 2.46. The van der Waals surface area contributed by atoms with Crippen LogP contribution in [0.15, 0.2) is 18.2 Å². The number of carbonyl (C=O) groups is 1. The van der Waals surface area contributed by atoms with Gasteiger partial charge in [-0.15, -0.1) is 0 Å². The maximum absolute atomic E-state index is 11.9. The van der Waals surface area contributed by atoms with Gasteiger partial charge in [0.2, 0.25) is 0 Å². The van der Waals surface area contributed by atoms with Gasteiger partial charge in [0.05, 0.1) is 25.4 Å². The summed E-state index contributed by atoms with van der Waals surface area (Å²) in [5.41, 5.74) is 0.494. The number of esters is 1. The zero-order chi connectivity index (χ0) is 14.8. The Morgan fingerprint density at radius 1 is 1.00 bits per heavy atom. The van der Waals surface area contributed by atoms with Gasteiger partial charge in [0.1, 0.15) is 0 Å². The van der Waals surface area contributed by atoms with Gasteiger partial charge in [-0.3, -0.25) is 0 Å². The summed E-state index contributed by atoms with van der Waals surface area (Å²) in [7, 11) is 0. The van der Waals surface area contributed by atoms with Crippen molar-refractivity contribution >= 4 is 5.97 Å². The number of carbonyl (C=O) groups excluding carboxylic acids is 1. The quantitative estimate of drug-likeness (QED) is 0.509. The predicted octanol–water partition coefficient (Wildman–Crippen LogP) is 3.83. The maximum atomic E-state index is 11.9. The van der Waals surface area contributed by atoms with Crippen molar-refractivity contribution in [2.75, 3.05) is 19.8 Å². The molecule has 0 spiro atoms. The molecule has 0 aliphatic carbocycles. The Morgan fingerprint density at radius 2 is 1.80 bits per heavy atom. The summed E-state index contributed by atoms with van der Waals surface area (Å²) in [5.74, 6) is 0.936. The maximum Gasteiger partial charge on any atom is 0.338 e. The smallest absolute Gasteiger partial charge is 0.338 e. The van der Waals surface area contributed by atoms with Crippen molar-refractivity contribution in [2.24, 2.45) is 0 Å². The highest BCUT2D eigenvalue weighted by Crippen LogP contribution is 2.29. The van der Waals surface area contributed by atoms with Crippen molar-refractivity contribution in [1.29, 1.82) is 0 Å². The standard InChI is InChI=1S/C16H24O4/c1-4-7-11-20-16(17)13-8-9-14(19-10-5-2)15(12-13)18-6-3/h8-9,12H,4-7,10-11H2,1-3H3. The first-order chi connectivity index (χ1) is 9.72. The van der Waals surface area contributed by atoms with Crippen LogP contribution in [0.2, 0.25) is 0 Å². The average molecular weight is 280 g/mol. The second kappa shape index (κ2) is 9.23. The van der Waals surface area contributed by atoms with Gasteiger partial charge < -0.3 is 14.2 Å². The van der Waals surface area contributed by atoms with E-state index >= 15 is 0 Å². The molecule has 0 aliphatic rings. The molecule has 4 heteroatoms. The predicted molar refractivity (Wildman–Crippen MR) is 78.6 cm³/mol. The van der Waals surface area contributed by atoms with Gasteiger partial charge in [-0.2, -0.15) is 0 Å². The van der Waals surface area contributed by atoms with Crippen molar-refractivity contribution in [3.05, 3.63) is 23.8 Å². The van der Waals surface area contributed by atoms with Gasteiger partial charge in [-0.25, -0.2) is 4.79 Å². The van der Waals surface area contributed by atoms with Crippen LogP contribution >= 0.6 is 0 Å². The first-order valence-corrected chi connectivity index (χ1v) is 7.29. The first kappa shape index (κ1) is 16.3. The molecule has 0 radical (unpaired) electrons. The number of ether oxygens (including phenoxy) is 3. The van der Waals surface area contributed by atoms with Crippen molar-refractivity contribution in [2.45, 2.75) is 40.0 Å². The van der Waals surface area contributed by atoms with Crippen LogP contribution in [-0.2, 0) is 4.74 Å². The van der Waals surface area contributed by atoms with Crippen LogP contribution in [0.5, 0.6) is 11.5 Å². The molecule has 0 bridgehead atoms. The Kier molecular flexibility index (Phi) is 7.55. The van der Waals surface area contributed by atoms with E-state index in [9.17, 15) is 4.79 Å². The molecular weight excluding hydrogens is 256 g/mol. The van der Waals surface area contributed by atoms with Crippen LogP contribution < -0.4 is 9.47 Å². The molecule has 1 aromatic rings. The molecular formula is C16H24O4. The van der Waals surface area contributed by atoms with Crippen molar-refractivity contribution in [3.63, 3.8) is 0 Å². The molecule has 0 saturated heterocycles. The molecule has 0 amide bonds. The SMILES string of the molecule is CCCCOC(=O)c1ccc(OCCC)c(OCC)c1. The Bertz CT molecular complexity index is 415. The summed E-state index contributed by atoms with van der Waals surface area (Å²) < 4.78 is 16.3. The Morgan fingerprint density at radius 3 is 2.45 bits per heavy atom. The minimum absolute atomic E-state index is 0.318. The molecule has 0 fully saturated rings. The van der Waals surface area contributed by atoms with Gasteiger partial charge >= 0.3 is 5.97 Å². The number of hydrogen-bond acceptors (Lipinski definition) is 4. The van der Waals surface area contributed by atoms with Crippen LogP contribution in [0.4, 0.5) is 0 Å². The summed E-state index contributed by atoms with van der Waals surface area (Å²) in [5, 5.41) is 0. The third kappa shape index (κ3) is 5.11. The number of hydrogen-bond donors (Lipinski definition) is 0. The summed E-state index contributed by atoms with van der Waals surface area (Å²) >= 11 is 0. The number of rotatable bonds is 9. The molecule has 0 aliphatic heterocycles. The van der Waals surface area contributed by atoms with E-state index < -0.39 is 0 Å². The Balaban J connectivity index is 2.77. The highest BCUT2D eigenvalue weighted by molar-refractivity contribution is 5.90. The number of unbranched alkanes of at least 4 members (excludes halogenated alkanes) is 1. The van der Waals surface area contributed by atoms with Gasteiger partial charge in [0.25, 0.3) is 0 Å². The molecule has 0 N–H and O–H groups in total. The van der Waals surface area contributed by atoms with Gasteiger partial charge in [-0.05, 0) is 38.0 Å².